The van der Waals surface area contributed by atoms with Crippen molar-refractivity contribution in [2.75, 3.05) is 13.2 Å². The third-order valence-electron chi connectivity index (χ3n) is 8.58. The predicted molar refractivity (Wildman–Crippen MR) is 183 cm³/mol. The summed E-state index contributed by atoms with van der Waals surface area (Å²) in [7, 11) is 0. The second-order valence-electron chi connectivity index (χ2n) is 13.6. The number of carbonyl (C=O) groups excluding carboxylic acids is 3. The lowest BCUT2D eigenvalue weighted by molar-refractivity contribution is -0.167. The lowest BCUT2D eigenvalue weighted by atomic mass is 10.00. The van der Waals surface area contributed by atoms with Crippen molar-refractivity contribution in [2.24, 2.45) is 11.8 Å². The van der Waals surface area contributed by atoms with Crippen LogP contribution in [0.1, 0.15) is 195 Å². The van der Waals surface area contributed by atoms with Crippen molar-refractivity contribution in [3.05, 3.63) is 0 Å². The van der Waals surface area contributed by atoms with Crippen LogP contribution in [-0.4, -0.2) is 37.2 Å². The molecule has 0 rings (SSSR count). The van der Waals surface area contributed by atoms with Gasteiger partial charge in [0.05, 0.1) is 0 Å². The molecule has 0 aromatic rings. The van der Waals surface area contributed by atoms with Gasteiger partial charge in [0, 0.05) is 19.3 Å². The zero-order valence-corrected chi connectivity index (χ0v) is 29.8. The molecule has 0 aliphatic heterocycles. The van der Waals surface area contributed by atoms with E-state index in [9.17, 15) is 14.4 Å². The highest BCUT2D eigenvalue weighted by molar-refractivity contribution is 5.71. The Morgan fingerprint density at radius 3 is 1.30 bits per heavy atom. The molecule has 0 spiro atoms. The Labute approximate surface area is 272 Å². The highest BCUT2D eigenvalue weighted by Crippen LogP contribution is 2.16. The van der Waals surface area contributed by atoms with Crippen molar-refractivity contribution in [2.45, 2.75) is 201 Å². The maximum atomic E-state index is 12.5. The summed E-state index contributed by atoms with van der Waals surface area (Å²) >= 11 is 0. The summed E-state index contributed by atoms with van der Waals surface area (Å²) < 4.78 is 16.5. The molecule has 0 saturated carbocycles. The van der Waals surface area contributed by atoms with Crippen LogP contribution in [0.5, 0.6) is 0 Å². The Hall–Kier alpha value is -1.59. The normalized spacial score (nSPS) is 12.7. The smallest absolute Gasteiger partial charge is 0.306 e. The average Bonchev–Trinajstić information content (AvgIpc) is 3.00. The number of hydrogen-bond donors (Lipinski definition) is 0. The van der Waals surface area contributed by atoms with Crippen LogP contribution in [0.25, 0.3) is 0 Å². The van der Waals surface area contributed by atoms with E-state index in [0.717, 1.165) is 76.0 Å². The summed E-state index contributed by atoms with van der Waals surface area (Å²) in [6.07, 6.45) is 25.5. The van der Waals surface area contributed by atoms with Gasteiger partial charge in [-0.1, -0.05) is 157 Å². The standard InChI is InChI=1S/C38H72O6/c1-6-8-9-16-23-28-36(39)42-31-35(32-43-37(40)29-24-19-15-14-18-22-27-34(5)7-2)44-38(41)30-25-20-13-11-10-12-17-21-26-33(3)4/h33-35H,6-32H2,1-5H3/t34?,35-/m0/s1. The Balaban J connectivity index is 4.32. The number of ether oxygens (including phenoxy) is 3. The first-order valence-electron chi connectivity index (χ1n) is 18.8. The number of carbonyl (C=O) groups is 3. The van der Waals surface area contributed by atoms with Gasteiger partial charge in [0.1, 0.15) is 13.2 Å². The van der Waals surface area contributed by atoms with Gasteiger partial charge in [-0.15, -0.1) is 0 Å². The highest BCUT2D eigenvalue weighted by atomic mass is 16.6. The molecule has 0 fully saturated rings. The molecule has 2 atom stereocenters. The van der Waals surface area contributed by atoms with Gasteiger partial charge < -0.3 is 14.2 Å². The molecular weight excluding hydrogens is 552 g/mol. The van der Waals surface area contributed by atoms with Gasteiger partial charge in [-0.25, -0.2) is 0 Å². The Morgan fingerprint density at radius 2 is 0.864 bits per heavy atom. The molecule has 0 radical (unpaired) electrons. The summed E-state index contributed by atoms with van der Waals surface area (Å²) in [5, 5.41) is 0. The summed E-state index contributed by atoms with van der Waals surface area (Å²) in [5.41, 5.74) is 0. The zero-order chi connectivity index (χ0) is 32.7. The fourth-order valence-electron chi connectivity index (χ4n) is 5.31. The Morgan fingerprint density at radius 1 is 0.477 bits per heavy atom. The SMILES string of the molecule is CCCCCCCC(=O)OC[C@@H](COC(=O)CCCCCCCCC(C)CC)OC(=O)CCCCCCCCCCC(C)C. The van der Waals surface area contributed by atoms with Crippen molar-refractivity contribution in [3.63, 3.8) is 0 Å². The van der Waals surface area contributed by atoms with Crippen LogP contribution in [0.15, 0.2) is 0 Å². The Kier molecular flexibility index (Phi) is 30.3. The topological polar surface area (TPSA) is 78.9 Å². The maximum Gasteiger partial charge on any atom is 0.306 e. The molecule has 0 aliphatic carbocycles. The van der Waals surface area contributed by atoms with Gasteiger partial charge in [-0.2, -0.15) is 0 Å². The number of rotatable bonds is 32. The lowest BCUT2D eigenvalue weighted by Crippen LogP contribution is -2.30. The predicted octanol–water partition coefficient (Wildman–Crippen LogP) is 11.1. The lowest BCUT2D eigenvalue weighted by Gasteiger charge is -2.18. The van der Waals surface area contributed by atoms with Gasteiger partial charge >= 0.3 is 17.9 Å². The second-order valence-corrected chi connectivity index (χ2v) is 13.6. The molecule has 0 N–H and O–H groups in total. The van der Waals surface area contributed by atoms with Gasteiger partial charge in [0.25, 0.3) is 0 Å². The van der Waals surface area contributed by atoms with Crippen LogP contribution < -0.4 is 0 Å². The van der Waals surface area contributed by atoms with Gasteiger partial charge in [0.2, 0.25) is 0 Å². The van der Waals surface area contributed by atoms with E-state index >= 15 is 0 Å². The minimum absolute atomic E-state index is 0.0687. The zero-order valence-electron chi connectivity index (χ0n) is 29.8. The monoisotopic (exact) mass is 625 g/mol. The molecule has 0 saturated heterocycles. The van der Waals surface area contributed by atoms with E-state index < -0.39 is 6.10 Å². The first-order valence-corrected chi connectivity index (χ1v) is 18.8. The molecule has 0 bridgehead atoms. The van der Waals surface area contributed by atoms with E-state index in [1.54, 1.807) is 0 Å². The van der Waals surface area contributed by atoms with E-state index in [1.165, 1.54) is 77.0 Å². The minimum atomic E-state index is -0.758. The molecule has 0 heterocycles. The maximum absolute atomic E-state index is 12.5. The van der Waals surface area contributed by atoms with Crippen LogP contribution in [0, 0.1) is 11.8 Å². The van der Waals surface area contributed by atoms with Crippen LogP contribution in [0.4, 0.5) is 0 Å². The van der Waals surface area contributed by atoms with E-state index in [4.69, 9.17) is 14.2 Å². The van der Waals surface area contributed by atoms with Gasteiger partial charge in [-0.05, 0) is 31.1 Å². The van der Waals surface area contributed by atoms with E-state index in [-0.39, 0.29) is 31.1 Å². The van der Waals surface area contributed by atoms with Crippen molar-refractivity contribution in [1.29, 1.82) is 0 Å². The largest absolute Gasteiger partial charge is 0.462 e. The number of unbranched alkanes of at least 4 members (excludes halogenated alkanes) is 16. The fraction of sp³-hybridized carbons (Fsp3) is 0.921. The van der Waals surface area contributed by atoms with Crippen molar-refractivity contribution in [3.8, 4) is 0 Å². The third kappa shape index (κ3) is 30.4. The van der Waals surface area contributed by atoms with E-state index in [1.807, 2.05) is 0 Å². The van der Waals surface area contributed by atoms with Crippen LogP contribution in [0.3, 0.4) is 0 Å². The van der Waals surface area contributed by atoms with E-state index in [2.05, 4.69) is 34.6 Å². The quantitative estimate of drug-likeness (QED) is 0.0421. The van der Waals surface area contributed by atoms with Crippen LogP contribution in [0.2, 0.25) is 0 Å². The molecule has 260 valence electrons. The van der Waals surface area contributed by atoms with E-state index in [0.29, 0.717) is 19.3 Å². The van der Waals surface area contributed by atoms with Crippen LogP contribution in [-0.2, 0) is 28.6 Å². The molecule has 6 nitrogen and oxygen atoms in total. The molecule has 0 aliphatic rings. The molecular formula is C38H72O6. The molecule has 0 amide bonds. The molecule has 1 unspecified atom stereocenters. The summed E-state index contributed by atoms with van der Waals surface area (Å²) in [5.74, 6) is 0.721. The average molecular weight is 625 g/mol. The van der Waals surface area contributed by atoms with Crippen molar-refractivity contribution < 1.29 is 28.6 Å². The molecule has 0 aromatic heterocycles. The number of hydrogen-bond acceptors (Lipinski definition) is 6. The van der Waals surface area contributed by atoms with Gasteiger partial charge in [-0.3, -0.25) is 14.4 Å². The molecule has 44 heavy (non-hydrogen) atoms. The second kappa shape index (κ2) is 31.4. The fourth-order valence-corrected chi connectivity index (χ4v) is 5.31. The first kappa shape index (κ1) is 42.4. The molecule has 0 aromatic carbocycles. The molecule has 6 heteroatoms. The first-order chi connectivity index (χ1) is 21.3. The van der Waals surface area contributed by atoms with Crippen LogP contribution >= 0.6 is 0 Å². The van der Waals surface area contributed by atoms with Gasteiger partial charge in [0.15, 0.2) is 6.10 Å². The summed E-state index contributed by atoms with van der Waals surface area (Å²) in [6.45, 7) is 11.1. The Bertz CT molecular complexity index is 676. The summed E-state index contributed by atoms with van der Waals surface area (Å²) in [4.78, 5) is 37.1. The minimum Gasteiger partial charge on any atom is -0.462 e. The van der Waals surface area contributed by atoms with Crippen molar-refractivity contribution >= 4 is 17.9 Å². The third-order valence-corrected chi connectivity index (χ3v) is 8.58. The van der Waals surface area contributed by atoms with Crippen molar-refractivity contribution in [1.82, 2.24) is 0 Å². The number of esters is 3. The summed E-state index contributed by atoms with van der Waals surface area (Å²) in [6, 6.07) is 0. The highest BCUT2D eigenvalue weighted by Gasteiger charge is 2.19.